The maximum atomic E-state index is 3.25. The maximum absolute atomic E-state index is 3.25. The molecule has 1 aliphatic carbocycles. The first-order valence-corrected chi connectivity index (χ1v) is 3.88. The molecule has 1 saturated heterocycles. The van der Waals surface area contributed by atoms with Gasteiger partial charge < -0.3 is 0 Å². The first-order chi connectivity index (χ1) is 4.33. The molecule has 2 fully saturated rings. The van der Waals surface area contributed by atoms with Gasteiger partial charge >= 0.3 is 0 Å². The quantitative estimate of drug-likeness (QED) is 0.475. The molecule has 1 aliphatic heterocycles. The van der Waals surface area contributed by atoms with E-state index in [1.807, 2.05) is 0 Å². The van der Waals surface area contributed by atoms with E-state index in [1.54, 1.807) is 0 Å². The number of hydrogen-bond acceptors (Lipinski definition) is 2. The van der Waals surface area contributed by atoms with Crippen LogP contribution in [0.25, 0.3) is 0 Å². The summed E-state index contributed by atoms with van der Waals surface area (Å²) in [4.78, 5) is 0. The Morgan fingerprint density at radius 1 is 1.33 bits per heavy atom. The second-order valence-electron chi connectivity index (χ2n) is 3.37. The molecule has 2 N–H and O–H groups in total. The molecule has 0 radical (unpaired) electrons. The van der Waals surface area contributed by atoms with Gasteiger partial charge in [-0.05, 0) is 18.8 Å². The van der Waals surface area contributed by atoms with Gasteiger partial charge in [0.15, 0.2) is 0 Å². The molecule has 2 nitrogen and oxygen atoms in total. The van der Waals surface area contributed by atoms with Crippen molar-refractivity contribution >= 4 is 0 Å². The summed E-state index contributed by atoms with van der Waals surface area (Å²) in [6.07, 6.45) is 5.53. The van der Waals surface area contributed by atoms with Crippen molar-refractivity contribution < 1.29 is 0 Å². The number of hydrogen-bond donors (Lipinski definition) is 2. The largest absolute Gasteiger partial charge is 0.235 e. The molecule has 52 valence electrons. The number of nitrogens with one attached hydrogen (secondary N) is 2. The van der Waals surface area contributed by atoms with Crippen molar-refractivity contribution in [2.45, 2.75) is 38.3 Å². The third-order valence-corrected chi connectivity index (χ3v) is 2.75. The van der Waals surface area contributed by atoms with Crippen LogP contribution in [-0.2, 0) is 0 Å². The minimum absolute atomic E-state index is 0.387. The summed E-state index contributed by atoms with van der Waals surface area (Å²) in [7, 11) is 0. The molecule has 0 aromatic carbocycles. The molecule has 1 spiro atoms. The van der Waals surface area contributed by atoms with Gasteiger partial charge in [-0.2, -0.15) is 0 Å². The van der Waals surface area contributed by atoms with Gasteiger partial charge in [-0.3, -0.25) is 0 Å². The topological polar surface area (TPSA) is 43.9 Å². The molecular formula is C7H14N2. The zero-order valence-corrected chi connectivity index (χ0v) is 5.91. The normalized spacial score (nSPS) is 39.0. The summed E-state index contributed by atoms with van der Waals surface area (Å²) in [5.41, 5.74) is 6.89. The van der Waals surface area contributed by atoms with Crippen LogP contribution in [0.2, 0.25) is 0 Å². The predicted molar refractivity (Wildman–Crippen MR) is 36.6 cm³/mol. The highest BCUT2D eigenvalue weighted by Crippen LogP contribution is 2.35. The number of hydrazine groups is 1. The standard InChI is InChI=1S/C7H14N2/c1-6-4-2-3-5-7(6)8-9-7/h6,8-9H,2-5H2,1H3/t6-/m1/s1. The summed E-state index contributed by atoms with van der Waals surface area (Å²) in [6, 6.07) is 0. The first kappa shape index (κ1) is 5.69. The van der Waals surface area contributed by atoms with Gasteiger partial charge in [-0.25, -0.2) is 10.9 Å². The lowest BCUT2D eigenvalue weighted by molar-refractivity contribution is 0.291. The third-order valence-electron chi connectivity index (χ3n) is 2.75. The van der Waals surface area contributed by atoms with Crippen molar-refractivity contribution in [1.82, 2.24) is 10.9 Å². The Bertz CT molecular complexity index is 118. The van der Waals surface area contributed by atoms with E-state index >= 15 is 0 Å². The second-order valence-corrected chi connectivity index (χ2v) is 3.37. The van der Waals surface area contributed by atoms with Gasteiger partial charge in [0.2, 0.25) is 0 Å². The summed E-state index contributed by atoms with van der Waals surface area (Å²) < 4.78 is 0. The highest BCUT2D eigenvalue weighted by Gasteiger charge is 2.47. The fraction of sp³-hybridized carbons (Fsp3) is 1.00. The highest BCUT2D eigenvalue weighted by molar-refractivity contribution is 5.00. The summed E-state index contributed by atoms with van der Waals surface area (Å²) in [6.45, 7) is 2.33. The maximum Gasteiger partial charge on any atom is 0.0968 e. The molecule has 2 aliphatic rings. The van der Waals surface area contributed by atoms with Crippen LogP contribution in [0.15, 0.2) is 0 Å². The van der Waals surface area contributed by atoms with Crippen molar-refractivity contribution in [1.29, 1.82) is 0 Å². The van der Waals surface area contributed by atoms with Crippen molar-refractivity contribution in [2.24, 2.45) is 5.92 Å². The third kappa shape index (κ3) is 0.775. The molecule has 0 bridgehead atoms. The molecule has 1 heterocycles. The Kier molecular flexibility index (Phi) is 1.08. The van der Waals surface area contributed by atoms with Crippen LogP contribution >= 0.6 is 0 Å². The van der Waals surface area contributed by atoms with E-state index in [0.29, 0.717) is 5.66 Å². The molecule has 0 amide bonds. The summed E-state index contributed by atoms with van der Waals surface area (Å²) in [5, 5.41) is 0. The molecule has 2 heteroatoms. The van der Waals surface area contributed by atoms with Crippen LogP contribution in [0.3, 0.4) is 0 Å². The second kappa shape index (κ2) is 1.70. The van der Waals surface area contributed by atoms with Crippen LogP contribution in [0.1, 0.15) is 32.6 Å². The molecule has 2 rings (SSSR count). The minimum Gasteiger partial charge on any atom is -0.235 e. The molecule has 1 atom stereocenters. The van der Waals surface area contributed by atoms with Gasteiger partial charge in [0.1, 0.15) is 0 Å². The van der Waals surface area contributed by atoms with Crippen molar-refractivity contribution in [3.8, 4) is 0 Å². The highest BCUT2D eigenvalue weighted by atomic mass is 15.7. The Morgan fingerprint density at radius 3 is 2.56 bits per heavy atom. The Morgan fingerprint density at radius 2 is 2.11 bits per heavy atom. The van der Waals surface area contributed by atoms with Crippen LogP contribution < -0.4 is 10.9 Å². The van der Waals surface area contributed by atoms with Gasteiger partial charge in [-0.15, -0.1) is 0 Å². The lowest BCUT2D eigenvalue weighted by Crippen LogP contribution is -2.30. The van der Waals surface area contributed by atoms with Gasteiger partial charge in [0.25, 0.3) is 0 Å². The fourth-order valence-electron chi connectivity index (χ4n) is 1.80. The van der Waals surface area contributed by atoms with Crippen molar-refractivity contribution in [2.75, 3.05) is 0 Å². The average molecular weight is 126 g/mol. The van der Waals surface area contributed by atoms with Crippen LogP contribution in [-0.4, -0.2) is 5.66 Å². The molecule has 0 aromatic heterocycles. The Labute approximate surface area is 56.0 Å². The predicted octanol–water partition coefficient (Wildman–Crippen LogP) is 1.00. The zero-order chi connectivity index (χ0) is 6.32. The van der Waals surface area contributed by atoms with E-state index < -0.39 is 0 Å². The lowest BCUT2D eigenvalue weighted by atomic mass is 9.84. The van der Waals surface area contributed by atoms with Crippen LogP contribution in [0.4, 0.5) is 0 Å². The minimum atomic E-state index is 0.387. The van der Waals surface area contributed by atoms with Crippen LogP contribution in [0, 0.1) is 5.92 Å². The van der Waals surface area contributed by atoms with Crippen molar-refractivity contribution in [3.05, 3.63) is 0 Å². The zero-order valence-electron chi connectivity index (χ0n) is 5.91. The smallest absolute Gasteiger partial charge is 0.0968 e. The molecule has 1 saturated carbocycles. The molecule has 0 aromatic rings. The van der Waals surface area contributed by atoms with Gasteiger partial charge in [-0.1, -0.05) is 19.8 Å². The SMILES string of the molecule is C[C@@H]1CCCCC12NN2. The monoisotopic (exact) mass is 126 g/mol. The molecular weight excluding hydrogens is 112 g/mol. The Balaban J connectivity index is 2.03. The van der Waals surface area contributed by atoms with E-state index in [2.05, 4.69) is 17.8 Å². The van der Waals surface area contributed by atoms with E-state index in [9.17, 15) is 0 Å². The van der Waals surface area contributed by atoms with Crippen molar-refractivity contribution in [3.63, 3.8) is 0 Å². The number of rotatable bonds is 0. The fourth-order valence-corrected chi connectivity index (χ4v) is 1.80. The van der Waals surface area contributed by atoms with E-state index in [4.69, 9.17) is 0 Å². The molecule has 9 heavy (non-hydrogen) atoms. The van der Waals surface area contributed by atoms with E-state index in [0.717, 1.165) is 5.92 Å². The summed E-state index contributed by atoms with van der Waals surface area (Å²) in [5.74, 6) is 0.839. The first-order valence-electron chi connectivity index (χ1n) is 3.88. The van der Waals surface area contributed by atoms with Gasteiger partial charge in [0.05, 0.1) is 5.66 Å². The van der Waals surface area contributed by atoms with E-state index in [1.165, 1.54) is 25.7 Å². The molecule has 0 unspecified atom stereocenters. The van der Waals surface area contributed by atoms with Gasteiger partial charge in [0, 0.05) is 0 Å². The van der Waals surface area contributed by atoms with E-state index in [-0.39, 0.29) is 0 Å². The average Bonchev–Trinajstić information content (AvgIpc) is 2.60. The van der Waals surface area contributed by atoms with Crippen LogP contribution in [0.5, 0.6) is 0 Å². The Hall–Kier alpha value is -0.0800. The lowest BCUT2D eigenvalue weighted by Gasteiger charge is -2.24. The summed E-state index contributed by atoms with van der Waals surface area (Å²) >= 11 is 0.